The van der Waals surface area contributed by atoms with E-state index in [4.69, 9.17) is 9.47 Å². The average Bonchev–Trinajstić information content (AvgIpc) is 3.24. The maximum Gasteiger partial charge on any atom is 0.191 e. The van der Waals surface area contributed by atoms with Crippen molar-refractivity contribution in [2.24, 2.45) is 10.9 Å². The number of nitrogens with zero attached hydrogens (tertiary/aromatic N) is 1. The van der Waals surface area contributed by atoms with Crippen LogP contribution in [-0.2, 0) is 19.3 Å². The molecule has 26 heavy (non-hydrogen) atoms. The maximum atomic E-state index is 11.6. The van der Waals surface area contributed by atoms with Gasteiger partial charge < -0.3 is 20.1 Å². The lowest BCUT2D eigenvalue weighted by Crippen LogP contribution is -2.45. The molecule has 7 nitrogen and oxygen atoms in total. The molecule has 9 heteroatoms. The van der Waals surface area contributed by atoms with Crippen LogP contribution in [0.15, 0.2) is 17.1 Å². The Morgan fingerprint density at radius 3 is 2.65 bits per heavy atom. The number of nitrogens with one attached hydrogen (secondary N) is 2. The van der Waals surface area contributed by atoms with E-state index in [9.17, 15) is 8.42 Å². The second kappa shape index (κ2) is 9.20. The molecule has 0 bridgehead atoms. The van der Waals surface area contributed by atoms with E-state index in [-0.39, 0.29) is 41.7 Å². The van der Waals surface area contributed by atoms with Crippen LogP contribution in [0.2, 0.25) is 0 Å². The number of halogens is 1. The minimum atomic E-state index is -2.85. The molecular weight excluding hydrogens is 469 g/mol. The van der Waals surface area contributed by atoms with Crippen molar-refractivity contribution in [2.45, 2.75) is 44.4 Å². The van der Waals surface area contributed by atoms with E-state index in [1.807, 2.05) is 6.92 Å². The first-order chi connectivity index (χ1) is 11.9. The zero-order chi connectivity index (χ0) is 17.9. The lowest BCUT2D eigenvalue weighted by Gasteiger charge is -2.23. The largest absolute Gasteiger partial charge is 0.356 e. The van der Waals surface area contributed by atoms with Crippen molar-refractivity contribution in [3.05, 3.63) is 12.2 Å². The second-order valence-corrected chi connectivity index (χ2v) is 9.69. The Morgan fingerprint density at radius 1 is 1.31 bits per heavy atom. The highest BCUT2D eigenvalue weighted by Gasteiger charge is 2.44. The molecule has 2 saturated heterocycles. The molecule has 1 aliphatic carbocycles. The van der Waals surface area contributed by atoms with Gasteiger partial charge in [-0.05, 0) is 25.7 Å². The number of rotatable bonds is 5. The van der Waals surface area contributed by atoms with E-state index < -0.39 is 15.6 Å². The zero-order valence-corrected chi connectivity index (χ0v) is 18.5. The molecule has 0 aromatic heterocycles. The smallest absolute Gasteiger partial charge is 0.191 e. The highest BCUT2D eigenvalue weighted by atomic mass is 127. The van der Waals surface area contributed by atoms with Crippen LogP contribution in [0.4, 0.5) is 0 Å². The van der Waals surface area contributed by atoms with Gasteiger partial charge in [0.25, 0.3) is 0 Å². The van der Waals surface area contributed by atoms with E-state index in [0.29, 0.717) is 38.0 Å². The van der Waals surface area contributed by atoms with Crippen molar-refractivity contribution < 1.29 is 17.9 Å². The Kier molecular flexibility index (Phi) is 7.75. The predicted molar refractivity (Wildman–Crippen MR) is 113 cm³/mol. The molecule has 0 radical (unpaired) electrons. The predicted octanol–water partition coefficient (Wildman–Crippen LogP) is 1.45. The minimum absolute atomic E-state index is 0. The lowest BCUT2D eigenvalue weighted by atomic mass is 10.1. The number of aliphatic imine (C=N–C) groups is 1. The highest BCUT2D eigenvalue weighted by molar-refractivity contribution is 14.0. The Morgan fingerprint density at radius 2 is 2.04 bits per heavy atom. The van der Waals surface area contributed by atoms with Crippen LogP contribution >= 0.6 is 24.0 Å². The van der Waals surface area contributed by atoms with Crippen molar-refractivity contribution >= 4 is 39.8 Å². The summed E-state index contributed by atoms with van der Waals surface area (Å²) < 4.78 is 34.8. The van der Waals surface area contributed by atoms with Crippen molar-refractivity contribution in [2.75, 3.05) is 37.8 Å². The summed E-state index contributed by atoms with van der Waals surface area (Å²) in [7, 11) is -2.85. The average molecular weight is 499 g/mol. The Balaban J connectivity index is 0.00000243. The molecule has 1 saturated carbocycles. The van der Waals surface area contributed by atoms with E-state index in [2.05, 4.69) is 22.2 Å². The molecule has 150 valence electrons. The topological polar surface area (TPSA) is 89.0 Å². The highest BCUT2D eigenvalue weighted by Crippen LogP contribution is 2.37. The number of sulfone groups is 1. The SMILES string of the molecule is C=C(C)CN=C(NCC1CCS(=O)(=O)C1)NC1CCC2(C1)OCCO2.I. The minimum Gasteiger partial charge on any atom is -0.356 e. The van der Waals surface area contributed by atoms with Crippen LogP contribution in [0.3, 0.4) is 0 Å². The maximum absolute atomic E-state index is 11.6. The Labute approximate surface area is 173 Å². The fraction of sp³-hybridized carbons (Fsp3) is 0.824. The van der Waals surface area contributed by atoms with E-state index in [1.165, 1.54) is 0 Å². The summed E-state index contributed by atoms with van der Waals surface area (Å²) in [6.45, 7) is 8.32. The van der Waals surface area contributed by atoms with Gasteiger partial charge in [-0.2, -0.15) is 0 Å². The van der Waals surface area contributed by atoms with Crippen LogP contribution in [0.25, 0.3) is 0 Å². The first-order valence-corrected chi connectivity index (χ1v) is 10.9. The summed E-state index contributed by atoms with van der Waals surface area (Å²) in [6.07, 6.45) is 3.38. The standard InChI is InChI=1S/C17H29N3O4S.HI/c1-13(2)10-18-16(19-11-14-4-8-25(21,22)12-14)20-15-3-5-17(9-15)23-6-7-24-17;/h14-15H,1,3-12H2,2H3,(H2,18,19,20);1H. The molecule has 2 heterocycles. The van der Waals surface area contributed by atoms with E-state index >= 15 is 0 Å². The van der Waals surface area contributed by atoms with E-state index in [0.717, 1.165) is 31.3 Å². The van der Waals surface area contributed by atoms with Gasteiger partial charge in [-0.3, -0.25) is 0 Å². The molecule has 0 aromatic rings. The van der Waals surface area contributed by atoms with Gasteiger partial charge in [-0.15, -0.1) is 24.0 Å². The quantitative estimate of drug-likeness (QED) is 0.258. The Bertz CT molecular complexity index is 632. The molecule has 0 amide bonds. The monoisotopic (exact) mass is 499 g/mol. The second-order valence-electron chi connectivity index (χ2n) is 7.46. The third-order valence-corrected chi connectivity index (χ3v) is 6.81. The molecule has 2 atom stereocenters. The summed E-state index contributed by atoms with van der Waals surface area (Å²) in [6, 6.07) is 0.238. The molecule has 3 aliphatic rings. The van der Waals surface area contributed by atoms with Gasteiger partial charge >= 0.3 is 0 Å². The third kappa shape index (κ3) is 6.07. The molecule has 2 aliphatic heterocycles. The first-order valence-electron chi connectivity index (χ1n) is 9.03. The summed E-state index contributed by atoms with van der Waals surface area (Å²) in [5.41, 5.74) is 0.981. The summed E-state index contributed by atoms with van der Waals surface area (Å²) in [4.78, 5) is 4.56. The van der Waals surface area contributed by atoms with Crippen LogP contribution in [0.5, 0.6) is 0 Å². The van der Waals surface area contributed by atoms with Gasteiger partial charge in [0.2, 0.25) is 0 Å². The van der Waals surface area contributed by atoms with Crippen molar-refractivity contribution in [3.8, 4) is 0 Å². The van der Waals surface area contributed by atoms with Gasteiger partial charge in [-0.1, -0.05) is 12.2 Å². The van der Waals surface area contributed by atoms with Gasteiger partial charge in [0.05, 0.1) is 31.3 Å². The van der Waals surface area contributed by atoms with Crippen molar-refractivity contribution in [3.63, 3.8) is 0 Å². The number of guanidine groups is 1. The van der Waals surface area contributed by atoms with Crippen LogP contribution < -0.4 is 10.6 Å². The fourth-order valence-corrected chi connectivity index (χ4v) is 5.55. The fourth-order valence-electron chi connectivity index (χ4n) is 3.69. The summed E-state index contributed by atoms with van der Waals surface area (Å²) in [5.74, 6) is 1.01. The van der Waals surface area contributed by atoms with Gasteiger partial charge in [0, 0.05) is 25.4 Å². The summed E-state index contributed by atoms with van der Waals surface area (Å²) in [5, 5.41) is 6.77. The van der Waals surface area contributed by atoms with Gasteiger partial charge in [0.15, 0.2) is 21.6 Å². The zero-order valence-electron chi connectivity index (χ0n) is 15.3. The van der Waals surface area contributed by atoms with Gasteiger partial charge in [0.1, 0.15) is 0 Å². The summed E-state index contributed by atoms with van der Waals surface area (Å²) >= 11 is 0. The van der Waals surface area contributed by atoms with Gasteiger partial charge in [-0.25, -0.2) is 13.4 Å². The molecule has 3 fully saturated rings. The van der Waals surface area contributed by atoms with Crippen molar-refractivity contribution in [1.29, 1.82) is 0 Å². The molecule has 3 rings (SSSR count). The van der Waals surface area contributed by atoms with Crippen molar-refractivity contribution in [1.82, 2.24) is 10.6 Å². The number of hydrogen-bond donors (Lipinski definition) is 2. The molecule has 0 aromatic carbocycles. The first kappa shape index (κ1) is 21.9. The van der Waals surface area contributed by atoms with Crippen LogP contribution in [0.1, 0.15) is 32.6 Å². The number of ether oxygens (including phenoxy) is 2. The third-order valence-electron chi connectivity index (χ3n) is 4.98. The Hall–Kier alpha value is -0.390. The molecule has 2 unspecified atom stereocenters. The van der Waals surface area contributed by atoms with Crippen LogP contribution in [-0.4, -0.2) is 64.0 Å². The lowest BCUT2D eigenvalue weighted by molar-refractivity contribution is -0.151. The molecular formula is C17H30IN3O4S. The molecule has 1 spiro atoms. The molecule has 2 N–H and O–H groups in total. The van der Waals surface area contributed by atoms with E-state index in [1.54, 1.807) is 0 Å². The number of hydrogen-bond acceptors (Lipinski definition) is 5. The normalized spacial score (nSPS) is 29.5. The van der Waals surface area contributed by atoms with Crippen LogP contribution in [0, 0.1) is 5.92 Å².